The highest BCUT2D eigenvalue weighted by atomic mass is 19.4. The van der Waals surface area contributed by atoms with Gasteiger partial charge in [0.25, 0.3) is 5.91 Å². The lowest BCUT2D eigenvalue weighted by Crippen LogP contribution is -2.53. The van der Waals surface area contributed by atoms with Crippen molar-refractivity contribution >= 4 is 16.8 Å². The molecular weight excluding hydrogens is 589 g/mol. The zero-order valence-electron chi connectivity index (χ0n) is 22.0. The van der Waals surface area contributed by atoms with Gasteiger partial charge in [-0.15, -0.1) is 0 Å². The lowest BCUT2D eigenvalue weighted by atomic mass is 9.87. The number of pyridine rings is 2. The number of hydrogen-bond donors (Lipinski definition) is 3. The molecule has 0 fully saturated rings. The van der Waals surface area contributed by atoms with E-state index in [1.165, 1.54) is 13.2 Å². The van der Waals surface area contributed by atoms with E-state index in [0.29, 0.717) is 22.7 Å². The Labute approximate surface area is 238 Å². The smallest absolute Gasteiger partial charge is 0.424 e. The second kappa shape index (κ2) is 10.3. The van der Waals surface area contributed by atoms with E-state index >= 15 is 0 Å². The minimum atomic E-state index is -5.56. The lowest BCUT2D eigenvalue weighted by molar-refractivity contribution is -0.265. The molecule has 0 spiro atoms. The number of carbonyl (C=O) groups excluding carboxylic acids is 1. The molecule has 0 radical (unpaired) electrons. The Hall–Kier alpha value is -4.50. The minimum Gasteiger partial charge on any atom is -0.494 e. The van der Waals surface area contributed by atoms with Gasteiger partial charge in [-0.3, -0.25) is 9.78 Å². The zero-order valence-corrected chi connectivity index (χ0v) is 22.0. The maximum absolute atomic E-state index is 14.5. The Morgan fingerprint density at radius 3 is 2.44 bits per heavy atom. The van der Waals surface area contributed by atoms with Crippen LogP contribution in [0.3, 0.4) is 0 Å². The molecule has 5 rings (SSSR count). The van der Waals surface area contributed by atoms with E-state index in [1.807, 2.05) is 5.32 Å². The Kier molecular flexibility index (Phi) is 7.21. The summed E-state index contributed by atoms with van der Waals surface area (Å²) >= 11 is 0. The summed E-state index contributed by atoms with van der Waals surface area (Å²) in [4.78, 5) is 20.8. The molecule has 43 heavy (non-hydrogen) atoms. The molecule has 8 nitrogen and oxygen atoms in total. The second-order valence-electron chi connectivity index (χ2n) is 9.79. The highest BCUT2D eigenvalue weighted by molar-refractivity contribution is 5.98. The predicted octanol–water partition coefficient (Wildman–Crippen LogP) is 4.73. The van der Waals surface area contributed by atoms with Gasteiger partial charge >= 0.3 is 12.4 Å². The third-order valence-electron chi connectivity index (χ3n) is 7.07. The lowest BCUT2D eigenvalue weighted by Gasteiger charge is -2.32. The first-order valence-electron chi connectivity index (χ1n) is 12.4. The van der Waals surface area contributed by atoms with Crippen LogP contribution in [-0.4, -0.2) is 53.6 Å². The first-order valence-corrected chi connectivity index (χ1v) is 12.4. The molecule has 2 aromatic heterocycles. The molecule has 0 bridgehead atoms. The number of carbonyl (C=O) groups is 1. The van der Waals surface area contributed by atoms with Gasteiger partial charge in [0.15, 0.2) is 11.3 Å². The Balaban J connectivity index is 1.58. The number of aromatic nitrogens is 2. The second-order valence-corrected chi connectivity index (χ2v) is 9.79. The van der Waals surface area contributed by atoms with Crippen molar-refractivity contribution in [1.82, 2.24) is 15.3 Å². The first-order chi connectivity index (χ1) is 20.1. The van der Waals surface area contributed by atoms with E-state index in [9.17, 15) is 40.6 Å². The fourth-order valence-corrected chi connectivity index (χ4v) is 4.59. The highest BCUT2D eigenvalue weighted by Crippen LogP contribution is 2.51. The number of amides is 1. The first kappa shape index (κ1) is 30.0. The van der Waals surface area contributed by atoms with E-state index in [-0.39, 0.29) is 11.1 Å². The number of aliphatic hydroxyl groups is 1. The molecule has 1 aliphatic heterocycles. The summed E-state index contributed by atoms with van der Waals surface area (Å²) in [6, 6.07) is 10.4. The van der Waals surface area contributed by atoms with Gasteiger partial charge in [-0.05, 0) is 42.5 Å². The van der Waals surface area contributed by atoms with Gasteiger partial charge in [-0.25, -0.2) is 9.37 Å². The largest absolute Gasteiger partial charge is 0.494 e. The van der Waals surface area contributed by atoms with Crippen LogP contribution in [0.2, 0.25) is 0 Å². The minimum absolute atomic E-state index is 0.114. The van der Waals surface area contributed by atoms with Gasteiger partial charge in [0, 0.05) is 22.7 Å². The SMILES string of the molecule is COc1cccc2cc(C(=O)NCC(O)(c3cc4c(c(-c5ccc(F)cc5)n3)OC[C@@]4(N)C(F)(F)F)C(F)(F)F)cnc12. The van der Waals surface area contributed by atoms with Crippen molar-refractivity contribution in [3.63, 3.8) is 0 Å². The third-order valence-corrected chi connectivity index (χ3v) is 7.07. The standard InChI is InChI=1S/C28H21F7N4O4/c1-42-19-4-2-3-15-9-16(11-37-21(15)19)24(40)38-12-26(41,28(33,34)35)20-10-18-23(43-13-25(18,36)27(30,31)32)22(39-20)14-5-7-17(29)8-6-14/h2-11,41H,12-13,36H2,1H3,(H,38,40)/t25-,26?/m0/s1. The number of para-hydroxylation sites is 1. The quantitative estimate of drug-likeness (QED) is 0.270. The van der Waals surface area contributed by atoms with Crippen molar-refractivity contribution in [2.45, 2.75) is 23.5 Å². The number of methoxy groups -OCH3 is 1. The fourth-order valence-electron chi connectivity index (χ4n) is 4.59. The van der Waals surface area contributed by atoms with Crippen LogP contribution in [-0.2, 0) is 11.1 Å². The van der Waals surface area contributed by atoms with Crippen LogP contribution in [0, 0.1) is 5.82 Å². The average molecular weight is 610 g/mol. The van der Waals surface area contributed by atoms with E-state index in [2.05, 4.69) is 9.97 Å². The molecule has 2 aromatic carbocycles. The molecule has 226 valence electrons. The van der Waals surface area contributed by atoms with Crippen molar-refractivity contribution in [1.29, 1.82) is 0 Å². The molecule has 1 amide bonds. The Morgan fingerprint density at radius 1 is 1.12 bits per heavy atom. The molecule has 0 saturated heterocycles. The maximum Gasteiger partial charge on any atom is 0.424 e. The number of benzene rings is 2. The number of nitrogens with zero attached hydrogens (tertiary/aromatic N) is 2. The van der Waals surface area contributed by atoms with Crippen molar-refractivity contribution in [3.05, 3.63) is 83.4 Å². The molecule has 1 aliphatic rings. The van der Waals surface area contributed by atoms with Crippen LogP contribution >= 0.6 is 0 Å². The number of rotatable bonds is 6. The number of fused-ring (bicyclic) bond motifs is 2. The van der Waals surface area contributed by atoms with Crippen molar-refractivity contribution in [2.75, 3.05) is 20.3 Å². The van der Waals surface area contributed by atoms with Crippen LogP contribution in [0.4, 0.5) is 30.7 Å². The Morgan fingerprint density at radius 2 is 1.81 bits per heavy atom. The normalized spacial score (nSPS) is 18.1. The maximum atomic E-state index is 14.5. The van der Waals surface area contributed by atoms with Crippen molar-refractivity contribution < 1.29 is 50.1 Å². The molecular formula is C28H21F7N4O4. The Bertz CT molecular complexity index is 1710. The molecule has 2 atom stereocenters. The average Bonchev–Trinajstić information content (AvgIpc) is 3.32. The summed E-state index contributed by atoms with van der Waals surface area (Å²) in [5.41, 5.74) is -4.34. The molecule has 0 saturated carbocycles. The fraction of sp³-hybridized carbons (Fsp3) is 0.250. The van der Waals surface area contributed by atoms with Crippen LogP contribution < -0.4 is 20.5 Å². The van der Waals surface area contributed by atoms with Gasteiger partial charge in [0.1, 0.15) is 29.4 Å². The number of nitrogens with one attached hydrogen (secondary N) is 1. The van der Waals surface area contributed by atoms with Gasteiger partial charge in [0.05, 0.1) is 24.9 Å². The molecule has 4 N–H and O–H groups in total. The van der Waals surface area contributed by atoms with Crippen LogP contribution in [0.1, 0.15) is 21.6 Å². The molecule has 4 aromatic rings. The topological polar surface area (TPSA) is 120 Å². The number of halogens is 7. The van der Waals surface area contributed by atoms with Gasteiger partial charge < -0.3 is 25.6 Å². The van der Waals surface area contributed by atoms with Crippen molar-refractivity contribution in [3.8, 4) is 22.8 Å². The van der Waals surface area contributed by atoms with E-state index in [1.54, 1.807) is 18.2 Å². The van der Waals surface area contributed by atoms with Crippen molar-refractivity contribution in [2.24, 2.45) is 5.73 Å². The molecule has 15 heteroatoms. The summed E-state index contributed by atoms with van der Waals surface area (Å²) in [5.74, 6) is -2.01. The van der Waals surface area contributed by atoms with E-state index in [4.69, 9.17) is 15.2 Å². The van der Waals surface area contributed by atoms with Gasteiger partial charge in [-0.1, -0.05) is 12.1 Å². The number of alkyl halides is 6. The highest BCUT2D eigenvalue weighted by Gasteiger charge is 2.61. The third kappa shape index (κ3) is 5.07. The van der Waals surface area contributed by atoms with E-state index in [0.717, 1.165) is 30.5 Å². The summed E-state index contributed by atoms with van der Waals surface area (Å²) in [6.45, 7) is -2.74. The van der Waals surface area contributed by atoms with E-state index < -0.39 is 71.1 Å². The zero-order chi connectivity index (χ0) is 31.4. The van der Waals surface area contributed by atoms with Crippen LogP contribution in [0.15, 0.2) is 60.8 Å². The molecule has 1 unspecified atom stereocenters. The summed E-state index contributed by atoms with van der Waals surface area (Å²) in [7, 11) is 1.40. The summed E-state index contributed by atoms with van der Waals surface area (Å²) < 4.78 is 110. The molecule has 3 heterocycles. The number of nitrogens with two attached hydrogens (primary N) is 1. The van der Waals surface area contributed by atoms with Crippen LogP contribution in [0.5, 0.6) is 11.5 Å². The number of ether oxygens (including phenoxy) is 2. The van der Waals surface area contributed by atoms with Gasteiger partial charge in [0.2, 0.25) is 5.60 Å². The summed E-state index contributed by atoms with van der Waals surface area (Å²) in [5, 5.41) is 13.4. The summed E-state index contributed by atoms with van der Waals surface area (Å²) in [6.07, 6.45) is -9.67. The van der Waals surface area contributed by atoms with Crippen LogP contribution in [0.25, 0.3) is 22.2 Å². The predicted molar refractivity (Wildman–Crippen MR) is 138 cm³/mol. The molecule has 0 aliphatic carbocycles. The van der Waals surface area contributed by atoms with Gasteiger partial charge in [-0.2, -0.15) is 26.3 Å². The number of hydrogen-bond acceptors (Lipinski definition) is 7. The monoisotopic (exact) mass is 610 g/mol.